The van der Waals surface area contributed by atoms with E-state index in [9.17, 15) is 9.18 Å². The van der Waals surface area contributed by atoms with Gasteiger partial charge in [0.2, 0.25) is 0 Å². The number of amides is 1. The maximum absolute atomic E-state index is 14.7. The Morgan fingerprint density at radius 2 is 1.96 bits per heavy atom. The molecule has 0 spiro atoms. The summed E-state index contributed by atoms with van der Waals surface area (Å²) in [5.74, 6) is -0.358. The molecule has 1 amide bonds. The largest absolute Gasteiger partial charge is 0.379 e. The molecule has 0 aromatic heterocycles. The summed E-state index contributed by atoms with van der Waals surface area (Å²) in [6.45, 7) is 3.07. The van der Waals surface area contributed by atoms with Gasteiger partial charge in [0.1, 0.15) is 11.4 Å². The number of halogens is 1. The van der Waals surface area contributed by atoms with E-state index in [0.29, 0.717) is 29.5 Å². The van der Waals surface area contributed by atoms with Crippen molar-refractivity contribution in [3.8, 4) is 0 Å². The molecule has 1 N–H and O–H groups in total. The molecule has 0 radical (unpaired) electrons. The number of nitrogens with one attached hydrogen (secondary N) is 1. The van der Waals surface area contributed by atoms with E-state index in [4.69, 9.17) is 9.73 Å². The Morgan fingerprint density at radius 3 is 2.74 bits per heavy atom. The lowest BCUT2D eigenvalue weighted by Gasteiger charge is -2.47. The molecule has 1 saturated heterocycles. The molecule has 27 heavy (non-hydrogen) atoms. The van der Waals surface area contributed by atoms with Crippen molar-refractivity contribution in [3.05, 3.63) is 71.5 Å². The number of fused-ring (bicyclic) bond motifs is 1. The second kappa shape index (κ2) is 7.44. The first-order valence-electron chi connectivity index (χ1n) is 9.06. The van der Waals surface area contributed by atoms with Crippen LogP contribution in [0, 0.1) is 11.7 Å². The predicted molar refractivity (Wildman–Crippen MR) is 105 cm³/mol. The third-order valence-corrected chi connectivity index (χ3v) is 6.39. The van der Waals surface area contributed by atoms with Crippen LogP contribution in [0.15, 0.2) is 59.6 Å². The minimum absolute atomic E-state index is 0.144. The number of nitrogens with zero attached hydrogens (tertiary/aromatic N) is 1. The Hall–Kier alpha value is -2.18. The molecule has 2 heterocycles. The van der Waals surface area contributed by atoms with E-state index in [0.717, 1.165) is 6.42 Å². The first-order valence-corrected chi connectivity index (χ1v) is 9.94. The van der Waals surface area contributed by atoms with Crippen LogP contribution in [-0.2, 0) is 10.3 Å². The van der Waals surface area contributed by atoms with Gasteiger partial charge < -0.3 is 10.1 Å². The number of hydrogen-bond donors (Lipinski definition) is 1. The van der Waals surface area contributed by atoms with Gasteiger partial charge >= 0.3 is 0 Å². The van der Waals surface area contributed by atoms with E-state index < -0.39 is 5.54 Å². The molecule has 140 valence electrons. The molecule has 2 aliphatic rings. The monoisotopic (exact) mass is 384 g/mol. The Bertz CT molecular complexity index is 873. The summed E-state index contributed by atoms with van der Waals surface area (Å²) in [7, 11) is 0. The molecule has 0 unspecified atom stereocenters. The number of aliphatic imine (C=N–C) groups is 1. The Kier molecular flexibility index (Phi) is 5.02. The molecule has 0 aliphatic carbocycles. The van der Waals surface area contributed by atoms with Crippen LogP contribution in [0.1, 0.15) is 29.3 Å². The van der Waals surface area contributed by atoms with E-state index in [2.05, 4.69) is 12.2 Å². The fourth-order valence-corrected chi connectivity index (χ4v) is 5.20. The first-order chi connectivity index (χ1) is 13.1. The van der Waals surface area contributed by atoms with E-state index in [1.165, 1.54) is 17.8 Å². The smallest absolute Gasteiger partial charge is 0.257 e. The number of benzene rings is 2. The predicted octanol–water partition coefficient (Wildman–Crippen LogP) is 3.98. The van der Waals surface area contributed by atoms with Crippen LogP contribution >= 0.6 is 11.8 Å². The summed E-state index contributed by atoms with van der Waals surface area (Å²) in [5.41, 5.74) is 0.289. The quantitative estimate of drug-likeness (QED) is 0.852. The van der Waals surface area contributed by atoms with Crippen molar-refractivity contribution in [1.82, 2.24) is 5.32 Å². The highest BCUT2D eigenvalue weighted by Crippen LogP contribution is 2.48. The third kappa shape index (κ3) is 3.39. The molecule has 2 aromatic carbocycles. The van der Waals surface area contributed by atoms with Gasteiger partial charge in [-0.05, 0) is 24.6 Å². The van der Waals surface area contributed by atoms with Crippen LogP contribution in [-0.4, -0.2) is 29.5 Å². The zero-order valence-electron chi connectivity index (χ0n) is 15.0. The molecule has 4 rings (SSSR count). The van der Waals surface area contributed by atoms with Gasteiger partial charge in [-0.3, -0.25) is 4.79 Å². The molecule has 3 atom stereocenters. The Balaban J connectivity index is 1.73. The fourth-order valence-electron chi connectivity index (χ4n) is 3.95. The van der Waals surface area contributed by atoms with Crippen molar-refractivity contribution in [1.29, 1.82) is 0 Å². The number of ether oxygens (including phenoxy) is 1. The van der Waals surface area contributed by atoms with Crippen LogP contribution in [0.4, 0.5) is 4.39 Å². The minimum Gasteiger partial charge on any atom is -0.379 e. The standard InChI is InChI=1S/C21H21FN2O2S/c1-14-16-11-12-26-13-21(16,17-9-5-6-10-18(17)22)24-20(27-14)23-19(25)15-7-3-2-4-8-15/h2-10,14,16H,11-13H2,1H3,(H,23,24,25)/t14-,16+,21+/m1/s1. The zero-order valence-corrected chi connectivity index (χ0v) is 15.8. The summed E-state index contributed by atoms with van der Waals surface area (Å²) in [6.07, 6.45) is 0.811. The van der Waals surface area contributed by atoms with Gasteiger partial charge in [0.15, 0.2) is 5.17 Å². The second-order valence-electron chi connectivity index (χ2n) is 6.91. The zero-order chi connectivity index (χ0) is 18.9. The fraction of sp³-hybridized carbons (Fsp3) is 0.333. The van der Waals surface area contributed by atoms with Crippen molar-refractivity contribution >= 4 is 22.8 Å². The molecule has 4 nitrogen and oxygen atoms in total. The first kappa shape index (κ1) is 18.2. The number of amidine groups is 1. The SMILES string of the molecule is C[C@H]1SC(NC(=O)c2ccccc2)=N[C@@]2(c3ccccc3F)COCC[C@@H]12. The number of rotatable bonds is 2. The van der Waals surface area contributed by atoms with E-state index in [1.807, 2.05) is 24.3 Å². The van der Waals surface area contributed by atoms with Crippen molar-refractivity contribution in [2.24, 2.45) is 10.9 Å². The lowest BCUT2D eigenvalue weighted by atomic mass is 9.74. The summed E-state index contributed by atoms with van der Waals surface area (Å²) < 4.78 is 20.4. The maximum atomic E-state index is 14.7. The number of thioether (sulfide) groups is 1. The summed E-state index contributed by atoms with van der Waals surface area (Å²) >= 11 is 1.53. The normalized spacial score (nSPS) is 27.4. The molecule has 2 aliphatic heterocycles. The van der Waals surface area contributed by atoms with E-state index in [1.54, 1.807) is 24.3 Å². The third-order valence-electron chi connectivity index (χ3n) is 5.27. The highest BCUT2D eigenvalue weighted by Gasteiger charge is 2.50. The Morgan fingerprint density at radius 1 is 1.22 bits per heavy atom. The molecular formula is C21H21FN2O2S. The van der Waals surface area contributed by atoms with E-state index >= 15 is 0 Å². The molecule has 6 heteroatoms. The van der Waals surface area contributed by atoms with Gasteiger partial charge in [-0.1, -0.05) is 55.1 Å². The van der Waals surface area contributed by atoms with Gasteiger partial charge in [0.05, 0.1) is 6.61 Å². The summed E-state index contributed by atoms with van der Waals surface area (Å²) in [4.78, 5) is 17.4. The minimum atomic E-state index is -0.812. The molecule has 1 fully saturated rings. The van der Waals surface area contributed by atoms with Crippen molar-refractivity contribution in [2.45, 2.75) is 24.1 Å². The van der Waals surface area contributed by atoms with Gasteiger partial charge in [0.25, 0.3) is 5.91 Å². The molecular weight excluding hydrogens is 363 g/mol. The average Bonchev–Trinajstić information content (AvgIpc) is 2.69. The number of carbonyl (C=O) groups excluding carboxylic acids is 1. The highest BCUT2D eigenvalue weighted by atomic mass is 32.2. The van der Waals surface area contributed by atoms with Gasteiger partial charge in [-0.15, -0.1) is 0 Å². The number of carbonyl (C=O) groups is 1. The van der Waals surface area contributed by atoms with Crippen LogP contribution in [0.5, 0.6) is 0 Å². The maximum Gasteiger partial charge on any atom is 0.257 e. The van der Waals surface area contributed by atoms with Gasteiger partial charge in [0, 0.05) is 28.9 Å². The topological polar surface area (TPSA) is 50.7 Å². The average molecular weight is 384 g/mol. The summed E-state index contributed by atoms with van der Waals surface area (Å²) in [5, 5.41) is 3.60. The highest BCUT2D eigenvalue weighted by molar-refractivity contribution is 8.14. The van der Waals surface area contributed by atoms with Crippen LogP contribution < -0.4 is 5.32 Å². The number of hydrogen-bond acceptors (Lipinski definition) is 4. The lowest BCUT2D eigenvalue weighted by Crippen LogP contribution is -2.51. The van der Waals surface area contributed by atoms with Crippen molar-refractivity contribution < 1.29 is 13.9 Å². The molecule has 0 bridgehead atoms. The molecule has 0 saturated carbocycles. The van der Waals surface area contributed by atoms with Crippen LogP contribution in [0.3, 0.4) is 0 Å². The van der Waals surface area contributed by atoms with Gasteiger partial charge in [-0.25, -0.2) is 9.38 Å². The van der Waals surface area contributed by atoms with E-state index in [-0.39, 0.29) is 22.9 Å². The lowest BCUT2D eigenvalue weighted by molar-refractivity contribution is -0.00432. The Labute approximate surface area is 162 Å². The van der Waals surface area contributed by atoms with Gasteiger partial charge in [-0.2, -0.15) is 0 Å². The second-order valence-corrected chi connectivity index (χ2v) is 8.28. The molecule has 2 aromatic rings. The summed E-state index contributed by atoms with van der Waals surface area (Å²) in [6, 6.07) is 15.7. The van der Waals surface area contributed by atoms with Crippen LogP contribution in [0.2, 0.25) is 0 Å². The van der Waals surface area contributed by atoms with Crippen molar-refractivity contribution in [3.63, 3.8) is 0 Å². The van der Waals surface area contributed by atoms with Crippen molar-refractivity contribution in [2.75, 3.05) is 13.2 Å². The van der Waals surface area contributed by atoms with Crippen LogP contribution in [0.25, 0.3) is 0 Å².